The third kappa shape index (κ3) is 9.92. The van der Waals surface area contributed by atoms with Crippen LogP contribution in [0.1, 0.15) is 91.7 Å². The summed E-state index contributed by atoms with van der Waals surface area (Å²) >= 11 is 0. The second-order valence-electron chi connectivity index (χ2n) is 8.93. The Morgan fingerprint density at radius 3 is 2.24 bits per heavy atom. The van der Waals surface area contributed by atoms with E-state index < -0.39 is 0 Å². The molecule has 1 rings (SSSR count). The first-order chi connectivity index (χ1) is 13.7. The Kier molecular flexibility index (Phi) is 10.9. The van der Waals surface area contributed by atoms with Crippen LogP contribution in [-0.4, -0.2) is 17.7 Å². The summed E-state index contributed by atoms with van der Waals surface area (Å²) in [4.78, 5) is 16.8. The molecule has 0 aliphatic heterocycles. The molecule has 29 heavy (non-hydrogen) atoms. The molecule has 1 amide bonds. The van der Waals surface area contributed by atoms with Crippen molar-refractivity contribution in [3.8, 4) is 0 Å². The number of carbonyl (C=O) groups excluding carboxylic acids is 1. The molecule has 162 valence electrons. The molecular formula is C26H42N2O. The van der Waals surface area contributed by atoms with Gasteiger partial charge in [0.05, 0.1) is 6.04 Å². The van der Waals surface area contributed by atoms with E-state index in [2.05, 4.69) is 70.3 Å². The number of benzene rings is 1. The van der Waals surface area contributed by atoms with Gasteiger partial charge in [-0.05, 0) is 55.6 Å². The molecule has 0 saturated carbocycles. The van der Waals surface area contributed by atoms with Gasteiger partial charge in [0.15, 0.2) is 0 Å². The highest BCUT2D eigenvalue weighted by Gasteiger charge is 2.19. The van der Waals surface area contributed by atoms with Gasteiger partial charge < -0.3 is 5.32 Å². The lowest BCUT2D eigenvalue weighted by molar-refractivity contribution is -0.119. The fraction of sp³-hybridized carbons (Fsp3) is 0.615. The minimum Gasteiger partial charge on any atom is -0.348 e. The molecule has 1 atom stereocenters. The van der Waals surface area contributed by atoms with E-state index in [1.165, 1.54) is 24.0 Å². The Labute approximate surface area is 179 Å². The first kappa shape index (κ1) is 25.1. The molecule has 0 aliphatic rings. The third-order valence-electron chi connectivity index (χ3n) is 5.54. The van der Waals surface area contributed by atoms with Gasteiger partial charge in [0.1, 0.15) is 0 Å². The number of nitrogens with zero attached hydrogens (tertiary/aromatic N) is 1. The van der Waals surface area contributed by atoms with E-state index in [1.807, 2.05) is 6.92 Å². The predicted octanol–water partition coefficient (Wildman–Crippen LogP) is 6.66. The van der Waals surface area contributed by atoms with Gasteiger partial charge in [-0.2, -0.15) is 0 Å². The van der Waals surface area contributed by atoms with Gasteiger partial charge in [0, 0.05) is 18.3 Å². The molecule has 0 heterocycles. The molecule has 1 aromatic rings. The molecule has 1 aromatic carbocycles. The van der Waals surface area contributed by atoms with E-state index in [4.69, 9.17) is 4.99 Å². The van der Waals surface area contributed by atoms with Crippen LogP contribution < -0.4 is 5.32 Å². The van der Waals surface area contributed by atoms with Crippen LogP contribution in [-0.2, 0) is 17.6 Å². The number of hydrogen-bond acceptors (Lipinski definition) is 2. The van der Waals surface area contributed by atoms with Crippen LogP contribution >= 0.6 is 0 Å². The molecule has 0 aliphatic carbocycles. The number of allylic oxidation sites excluding steroid dienone is 2. The van der Waals surface area contributed by atoms with Crippen molar-refractivity contribution in [3.63, 3.8) is 0 Å². The number of aliphatic imine (C=N–C) groups is 1. The first-order valence-corrected chi connectivity index (χ1v) is 11.3. The lowest BCUT2D eigenvalue weighted by Crippen LogP contribution is -2.40. The van der Waals surface area contributed by atoms with E-state index in [9.17, 15) is 4.79 Å². The van der Waals surface area contributed by atoms with Crippen LogP contribution in [0.2, 0.25) is 0 Å². The van der Waals surface area contributed by atoms with E-state index in [0.717, 1.165) is 43.5 Å². The molecule has 3 nitrogen and oxygen atoms in total. The zero-order valence-corrected chi connectivity index (χ0v) is 19.8. The van der Waals surface area contributed by atoms with Crippen LogP contribution in [0.3, 0.4) is 0 Å². The van der Waals surface area contributed by atoms with Crippen molar-refractivity contribution in [2.75, 3.05) is 0 Å². The fourth-order valence-corrected chi connectivity index (χ4v) is 3.32. The van der Waals surface area contributed by atoms with Crippen molar-refractivity contribution in [1.29, 1.82) is 0 Å². The van der Waals surface area contributed by atoms with Crippen LogP contribution in [0.4, 0.5) is 0 Å². The predicted molar refractivity (Wildman–Crippen MR) is 127 cm³/mol. The largest absolute Gasteiger partial charge is 0.348 e. The maximum absolute atomic E-state index is 11.8. The van der Waals surface area contributed by atoms with Crippen molar-refractivity contribution in [2.24, 2.45) is 10.4 Å². The zero-order valence-electron chi connectivity index (χ0n) is 19.8. The number of amides is 1. The highest BCUT2D eigenvalue weighted by molar-refractivity contribution is 5.91. The Morgan fingerprint density at radius 2 is 1.72 bits per heavy atom. The molecule has 3 heteroatoms. The standard InChI is InChI=1S/C26H42N2O/c1-8-11-13-22-14-16-23(17-15-22)18-25(28-21(5)29)20(4)27-24(12-9-2)19-26(6,7)10-3/h12,14-17,25H,8-11,13,18-19H2,1-7H3,(H,28,29)/b24-12-,27-20?. The summed E-state index contributed by atoms with van der Waals surface area (Å²) in [5.74, 6) is -0.0148. The molecule has 0 bridgehead atoms. The Bertz CT molecular complexity index is 683. The van der Waals surface area contributed by atoms with E-state index in [-0.39, 0.29) is 17.4 Å². The minimum atomic E-state index is -0.0843. The lowest BCUT2D eigenvalue weighted by Gasteiger charge is -2.24. The molecule has 1 unspecified atom stereocenters. The van der Waals surface area contributed by atoms with Crippen LogP contribution in [0, 0.1) is 5.41 Å². The summed E-state index contributed by atoms with van der Waals surface area (Å²) in [6.45, 7) is 14.8. The second kappa shape index (κ2) is 12.6. The number of carbonyl (C=O) groups is 1. The van der Waals surface area contributed by atoms with Crippen molar-refractivity contribution in [3.05, 3.63) is 47.2 Å². The zero-order chi connectivity index (χ0) is 21.9. The first-order valence-electron chi connectivity index (χ1n) is 11.3. The topological polar surface area (TPSA) is 41.5 Å². The summed E-state index contributed by atoms with van der Waals surface area (Å²) in [6.07, 6.45) is 9.58. The van der Waals surface area contributed by atoms with Crippen LogP contribution in [0.25, 0.3) is 0 Å². The number of hydrogen-bond donors (Lipinski definition) is 1. The Balaban J connectivity index is 3.01. The molecule has 0 spiro atoms. The van der Waals surface area contributed by atoms with E-state index >= 15 is 0 Å². The van der Waals surface area contributed by atoms with Gasteiger partial charge in [-0.25, -0.2) is 0 Å². The summed E-state index contributed by atoms with van der Waals surface area (Å²) < 4.78 is 0. The molecule has 0 radical (unpaired) electrons. The van der Waals surface area contributed by atoms with Crippen molar-refractivity contribution < 1.29 is 4.79 Å². The maximum atomic E-state index is 11.8. The van der Waals surface area contributed by atoms with Crippen LogP contribution in [0.15, 0.2) is 41.0 Å². The molecule has 0 fully saturated rings. The molecular weight excluding hydrogens is 356 g/mol. The summed E-state index contributed by atoms with van der Waals surface area (Å²) in [7, 11) is 0. The number of aryl methyl sites for hydroxylation is 1. The Morgan fingerprint density at radius 1 is 1.10 bits per heavy atom. The summed E-state index contributed by atoms with van der Waals surface area (Å²) in [5.41, 5.74) is 4.94. The number of unbranched alkanes of at least 4 members (excludes halogenated alkanes) is 1. The third-order valence-corrected chi connectivity index (χ3v) is 5.54. The van der Waals surface area contributed by atoms with Crippen LogP contribution in [0.5, 0.6) is 0 Å². The normalized spacial score (nSPS) is 14.0. The minimum absolute atomic E-state index is 0.0148. The van der Waals surface area contributed by atoms with Crippen molar-refractivity contribution in [1.82, 2.24) is 5.32 Å². The smallest absolute Gasteiger partial charge is 0.217 e. The average Bonchev–Trinajstić information content (AvgIpc) is 2.66. The number of nitrogens with one attached hydrogen (secondary N) is 1. The summed E-state index contributed by atoms with van der Waals surface area (Å²) in [6, 6.07) is 8.73. The van der Waals surface area contributed by atoms with Crippen molar-refractivity contribution >= 4 is 11.6 Å². The maximum Gasteiger partial charge on any atom is 0.217 e. The van der Waals surface area contributed by atoms with Gasteiger partial charge in [0.2, 0.25) is 5.91 Å². The highest BCUT2D eigenvalue weighted by Crippen LogP contribution is 2.29. The Hall–Kier alpha value is -1.90. The number of rotatable bonds is 12. The van der Waals surface area contributed by atoms with Gasteiger partial charge in [-0.3, -0.25) is 9.79 Å². The van der Waals surface area contributed by atoms with Gasteiger partial charge in [0.25, 0.3) is 0 Å². The SMILES string of the molecule is CC/C=C(/CC(C)(C)CC)N=C(C)C(Cc1ccc(CCCC)cc1)NC(C)=O. The van der Waals surface area contributed by atoms with Gasteiger partial charge >= 0.3 is 0 Å². The molecule has 0 saturated heterocycles. The quantitative estimate of drug-likeness (QED) is 0.393. The summed E-state index contributed by atoms with van der Waals surface area (Å²) in [5, 5.41) is 3.10. The van der Waals surface area contributed by atoms with E-state index in [1.54, 1.807) is 6.92 Å². The molecule has 1 N–H and O–H groups in total. The van der Waals surface area contributed by atoms with Crippen molar-refractivity contribution in [2.45, 2.75) is 99.5 Å². The van der Waals surface area contributed by atoms with Gasteiger partial charge in [-0.15, -0.1) is 0 Å². The second-order valence-corrected chi connectivity index (χ2v) is 8.93. The lowest BCUT2D eigenvalue weighted by atomic mass is 9.85. The monoisotopic (exact) mass is 398 g/mol. The average molecular weight is 399 g/mol. The fourth-order valence-electron chi connectivity index (χ4n) is 3.32. The molecule has 0 aromatic heterocycles. The highest BCUT2D eigenvalue weighted by atomic mass is 16.1. The van der Waals surface area contributed by atoms with Gasteiger partial charge in [-0.1, -0.05) is 77.8 Å². The van der Waals surface area contributed by atoms with E-state index in [0.29, 0.717) is 0 Å².